The second-order valence-electron chi connectivity index (χ2n) is 3.88. The van der Waals surface area contributed by atoms with Gasteiger partial charge in [-0.25, -0.2) is 4.98 Å². The maximum absolute atomic E-state index is 9.40. The average molecular weight is 237 g/mol. The summed E-state index contributed by atoms with van der Waals surface area (Å²) in [5.41, 5.74) is 1.67. The molecule has 92 valence electrons. The van der Waals surface area contributed by atoms with Crippen LogP contribution in [0.2, 0.25) is 0 Å². The lowest BCUT2D eigenvalue weighted by molar-refractivity contribution is -0.0986. The molecule has 0 unspecified atom stereocenters. The molecule has 0 atom stereocenters. The summed E-state index contributed by atoms with van der Waals surface area (Å²) in [7, 11) is 0. The van der Waals surface area contributed by atoms with Crippen LogP contribution in [-0.2, 0) is 24.4 Å². The van der Waals surface area contributed by atoms with Gasteiger partial charge in [0.05, 0.1) is 24.5 Å². The molecule has 0 aromatic carbocycles. The Morgan fingerprint density at radius 1 is 1.47 bits per heavy atom. The van der Waals surface area contributed by atoms with Gasteiger partial charge in [0.25, 0.3) is 5.90 Å². The molecule has 2 rings (SSSR count). The van der Waals surface area contributed by atoms with Gasteiger partial charge in [0.1, 0.15) is 0 Å². The van der Waals surface area contributed by atoms with Gasteiger partial charge in [-0.3, -0.25) is 10.8 Å². The van der Waals surface area contributed by atoms with E-state index in [1.807, 2.05) is 11.5 Å². The van der Waals surface area contributed by atoms with Gasteiger partial charge >= 0.3 is 0 Å². The molecule has 1 aliphatic rings. The van der Waals surface area contributed by atoms with E-state index < -0.39 is 0 Å². The highest BCUT2D eigenvalue weighted by Gasteiger charge is 2.27. The fourth-order valence-electron chi connectivity index (χ4n) is 1.95. The van der Waals surface area contributed by atoms with Crippen LogP contribution in [0.4, 0.5) is 0 Å². The number of fused-ring (bicyclic) bond motifs is 1. The summed E-state index contributed by atoms with van der Waals surface area (Å²) in [5.74, 6) is 0.250. The molecule has 1 aromatic heterocycles. The second-order valence-corrected chi connectivity index (χ2v) is 3.88. The molecular formula is C10H15N5O2. The van der Waals surface area contributed by atoms with Crippen molar-refractivity contribution in [2.24, 2.45) is 0 Å². The SMILES string of the molecule is CCn1c(C(=N)OC(C)=N)nc2c1CN(O)C2. The molecule has 1 aromatic rings. The molecule has 0 saturated heterocycles. The van der Waals surface area contributed by atoms with Gasteiger partial charge in [0.15, 0.2) is 11.7 Å². The number of aromatic nitrogens is 2. The largest absolute Gasteiger partial charge is 0.422 e. The first-order valence-electron chi connectivity index (χ1n) is 5.37. The Kier molecular flexibility index (Phi) is 2.95. The summed E-state index contributed by atoms with van der Waals surface area (Å²) in [5, 5.41) is 25.5. The predicted octanol–water partition coefficient (Wildman–Crippen LogP) is 0.947. The Bertz CT molecular complexity index is 479. The summed E-state index contributed by atoms with van der Waals surface area (Å²) in [6, 6.07) is 0. The van der Waals surface area contributed by atoms with Crippen molar-refractivity contribution >= 4 is 11.8 Å². The highest BCUT2D eigenvalue weighted by atomic mass is 16.5. The molecule has 0 saturated carbocycles. The number of hydrogen-bond donors (Lipinski definition) is 3. The molecule has 0 amide bonds. The number of nitrogens with one attached hydrogen (secondary N) is 2. The molecule has 0 radical (unpaired) electrons. The first-order chi connectivity index (χ1) is 8.02. The van der Waals surface area contributed by atoms with Crippen molar-refractivity contribution < 1.29 is 9.94 Å². The maximum atomic E-state index is 9.40. The molecule has 0 spiro atoms. The third-order valence-electron chi connectivity index (χ3n) is 2.59. The third-order valence-corrected chi connectivity index (χ3v) is 2.59. The van der Waals surface area contributed by atoms with E-state index in [2.05, 4.69) is 4.98 Å². The second kappa shape index (κ2) is 4.27. The van der Waals surface area contributed by atoms with Crippen LogP contribution in [0, 0.1) is 10.8 Å². The van der Waals surface area contributed by atoms with E-state index in [0.717, 1.165) is 11.4 Å². The molecule has 2 heterocycles. The van der Waals surface area contributed by atoms with Crippen LogP contribution >= 0.6 is 0 Å². The van der Waals surface area contributed by atoms with Gasteiger partial charge in [-0.05, 0) is 6.92 Å². The topological polar surface area (TPSA) is 98.2 Å². The van der Waals surface area contributed by atoms with Crippen molar-refractivity contribution in [2.75, 3.05) is 0 Å². The van der Waals surface area contributed by atoms with Gasteiger partial charge < -0.3 is 14.5 Å². The van der Waals surface area contributed by atoms with Crippen LogP contribution in [-0.4, -0.2) is 31.6 Å². The van der Waals surface area contributed by atoms with Crippen molar-refractivity contribution in [2.45, 2.75) is 33.5 Å². The van der Waals surface area contributed by atoms with E-state index in [0.29, 0.717) is 25.5 Å². The minimum Gasteiger partial charge on any atom is -0.422 e. The molecule has 0 bridgehead atoms. The van der Waals surface area contributed by atoms with Crippen LogP contribution in [0.25, 0.3) is 0 Å². The lowest BCUT2D eigenvalue weighted by atomic mass is 10.4. The van der Waals surface area contributed by atoms with Crippen LogP contribution in [0.15, 0.2) is 0 Å². The number of imidazole rings is 1. The van der Waals surface area contributed by atoms with Crippen LogP contribution in [0.5, 0.6) is 0 Å². The molecule has 3 N–H and O–H groups in total. The zero-order valence-electron chi connectivity index (χ0n) is 9.82. The Balaban J connectivity index is 2.34. The standard InChI is InChI=1S/C10H15N5O2/c1-3-15-8-5-14(16)4-7(8)13-10(15)9(12)17-6(2)11/h11-12,16H,3-5H2,1-2H3. The Hall–Kier alpha value is -1.73. The van der Waals surface area contributed by atoms with Crippen LogP contribution < -0.4 is 0 Å². The number of nitrogens with zero attached hydrogens (tertiary/aromatic N) is 3. The summed E-state index contributed by atoms with van der Waals surface area (Å²) >= 11 is 0. The van der Waals surface area contributed by atoms with Gasteiger partial charge in [-0.1, -0.05) is 0 Å². The number of rotatable bonds is 2. The maximum Gasteiger partial charge on any atom is 0.257 e. The van der Waals surface area contributed by atoms with E-state index in [1.165, 1.54) is 12.0 Å². The molecule has 1 aliphatic heterocycles. The Morgan fingerprint density at radius 3 is 2.76 bits per heavy atom. The highest BCUT2D eigenvalue weighted by Crippen LogP contribution is 2.22. The normalized spacial score (nSPS) is 14.8. The van der Waals surface area contributed by atoms with Gasteiger partial charge in [0, 0.05) is 13.5 Å². The molecule has 7 heteroatoms. The first-order valence-corrected chi connectivity index (χ1v) is 5.37. The quantitative estimate of drug-likeness (QED) is 0.526. The molecular weight excluding hydrogens is 222 g/mol. The van der Waals surface area contributed by atoms with Crippen molar-refractivity contribution in [1.82, 2.24) is 14.6 Å². The zero-order valence-corrected chi connectivity index (χ0v) is 9.82. The fourth-order valence-corrected chi connectivity index (χ4v) is 1.95. The average Bonchev–Trinajstić information content (AvgIpc) is 2.71. The summed E-state index contributed by atoms with van der Waals surface area (Å²) in [4.78, 5) is 4.28. The lowest BCUT2D eigenvalue weighted by Crippen LogP contribution is -2.19. The Morgan fingerprint density at radius 2 is 2.18 bits per heavy atom. The van der Waals surface area contributed by atoms with E-state index in [9.17, 15) is 5.21 Å². The Labute approximate surface area is 98.6 Å². The van der Waals surface area contributed by atoms with Crippen molar-refractivity contribution in [1.29, 1.82) is 10.8 Å². The van der Waals surface area contributed by atoms with Crippen molar-refractivity contribution in [3.05, 3.63) is 17.2 Å². The number of hydrogen-bond acceptors (Lipinski definition) is 6. The zero-order chi connectivity index (χ0) is 12.6. The van der Waals surface area contributed by atoms with Crippen LogP contribution in [0.3, 0.4) is 0 Å². The van der Waals surface area contributed by atoms with Gasteiger partial charge in [-0.15, -0.1) is 0 Å². The van der Waals surface area contributed by atoms with Gasteiger partial charge in [-0.2, -0.15) is 5.06 Å². The molecule has 0 fully saturated rings. The highest BCUT2D eigenvalue weighted by molar-refractivity contribution is 5.96. The lowest BCUT2D eigenvalue weighted by Gasteiger charge is -2.10. The monoisotopic (exact) mass is 237 g/mol. The smallest absolute Gasteiger partial charge is 0.257 e. The first kappa shape index (κ1) is 11.7. The number of hydroxylamine groups is 2. The van der Waals surface area contributed by atoms with Crippen molar-refractivity contribution in [3.8, 4) is 0 Å². The number of ether oxygens (including phenoxy) is 1. The van der Waals surface area contributed by atoms with E-state index in [4.69, 9.17) is 15.6 Å². The predicted molar refractivity (Wildman–Crippen MR) is 60.2 cm³/mol. The van der Waals surface area contributed by atoms with Gasteiger partial charge in [0.2, 0.25) is 0 Å². The van der Waals surface area contributed by atoms with Crippen molar-refractivity contribution in [3.63, 3.8) is 0 Å². The summed E-state index contributed by atoms with van der Waals surface area (Å²) in [6.45, 7) is 4.83. The minimum atomic E-state index is -0.127. The summed E-state index contributed by atoms with van der Waals surface area (Å²) < 4.78 is 6.78. The summed E-state index contributed by atoms with van der Waals surface area (Å²) in [6.07, 6.45) is 0. The third kappa shape index (κ3) is 2.06. The van der Waals surface area contributed by atoms with E-state index in [-0.39, 0.29) is 11.8 Å². The van der Waals surface area contributed by atoms with Crippen LogP contribution in [0.1, 0.15) is 31.1 Å². The molecule has 17 heavy (non-hydrogen) atoms. The molecule has 7 nitrogen and oxygen atoms in total. The fraction of sp³-hybridized carbons (Fsp3) is 0.500. The van der Waals surface area contributed by atoms with E-state index >= 15 is 0 Å². The minimum absolute atomic E-state index is 0.0374. The van der Waals surface area contributed by atoms with E-state index in [1.54, 1.807) is 0 Å². The molecule has 0 aliphatic carbocycles.